The number of aryl methyl sites for hydroxylation is 1. The molecule has 4 rings (SSSR count). The molecule has 1 aromatic heterocycles. The molecule has 0 aliphatic heterocycles. The summed E-state index contributed by atoms with van der Waals surface area (Å²) in [4.78, 5) is 15.4. The normalized spacial score (nSPS) is 11.8. The van der Waals surface area contributed by atoms with Gasteiger partial charge in [0.05, 0.1) is 21.7 Å². The Morgan fingerprint density at radius 2 is 1.39 bits per heavy atom. The van der Waals surface area contributed by atoms with Gasteiger partial charge in [-0.3, -0.25) is 9.10 Å². The summed E-state index contributed by atoms with van der Waals surface area (Å²) in [6.07, 6.45) is 1.30. The fourth-order valence-electron chi connectivity index (χ4n) is 3.94. The molecule has 9 nitrogen and oxygen atoms in total. The first-order chi connectivity index (χ1) is 18.1. The molecule has 4 aromatic rings. The van der Waals surface area contributed by atoms with Gasteiger partial charge in [0.15, 0.2) is 12.5 Å². The lowest BCUT2D eigenvalue weighted by atomic mass is 10.1. The zero-order valence-corrected chi connectivity index (χ0v) is 22.9. The van der Waals surface area contributed by atoms with E-state index in [1.54, 1.807) is 43.3 Å². The van der Waals surface area contributed by atoms with Crippen LogP contribution in [0.15, 0.2) is 88.8 Å². The van der Waals surface area contributed by atoms with Crippen molar-refractivity contribution in [2.75, 3.05) is 21.9 Å². The molecule has 0 amide bonds. The number of pyridine rings is 1. The van der Waals surface area contributed by atoms with Crippen molar-refractivity contribution in [1.29, 1.82) is 0 Å². The Balaban J connectivity index is 1.90. The van der Waals surface area contributed by atoms with E-state index < -0.39 is 26.8 Å². The molecular weight excluding hydrogens is 550 g/mol. The molecule has 0 saturated carbocycles. The summed E-state index contributed by atoms with van der Waals surface area (Å²) in [5.74, 6) is -0.0371. The maximum atomic E-state index is 13.6. The predicted octanol–water partition coefficient (Wildman–Crippen LogP) is 4.74. The Kier molecular flexibility index (Phi) is 7.91. The van der Waals surface area contributed by atoms with E-state index in [1.807, 2.05) is 6.92 Å². The fourth-order valence-corrected chi connectivity index (χ4v) is 6.86. The summed E-state index contributed by atoms with van der Waals surface area (Å²) in [6.45, 7) is 3.14. The van der Waals surface area contributed by atoms with Crippen LogP contribution in [0.3, 0.4) is 0 Å². The van der Waals surface area contributed by atoms with Gasteiger partial charge in [0.2, 0.25) is 0 Å². The van der Waals surface area contributed by atoms with Gasteiger partial charge in [0.25, 0.3) is 26.5 Å². The third kappa shape index (κ3) is 5.17. The van der Waals surface area contributed by atoms with Crippen LogP contribution in [-0.2, 0) is 29.6 Å². The maximum absolute atomic E-state index is 13.6. The van der Waals surface area contributed by atoms with Crippen LogP contribution in [0.1, 0.15) is 12.5 Å². The number of rotatable bonds is 10. The molecule has 3 aromatic carbocycles. The summed E-state index contributed by atoms with van der Waals surface area (Å²) in [5, 5.41) is 1.13. The van der Waals surface area contributed by atoms with Crippen molar-refractivity contribution in [3.05, 3.63) is 89.6 Å². The monoisotopic (exact) mass is 573 g/mol. The van der Waals surface area contributed by atoms with E-state index in [0.717, 1.165) is 9.87 Å². The molecule has 12 heteroatoms. The van der Waals surface area contributed by atoms with Crippen LogP contribution in [0.25, 0.3) is 10.8 Å². The number of carbonyl (C=O) groups excluding carboxylic acids is 1. The van der Waals surface area contributed by atoms with E-state index in [4.69, 9.17) is 16.3 Å². The number of hydrogen-bond acceptors (Lipinski definition) is 7. The van der Waals surface area contributed by atoms with E-state index in [-0.39, 0.29) is 34.3 Å². The van der Waals surface area contributed by atoms with Gasteiger partial charge in [-0.05, 0) is 50.2 Å². The minimum atomic E-state index is -4.25. The topological polar surface area (TPSA) is 114 Å². The molecule has 0 N–H and O–H groups in total. The highest BCUT2D eigenvalue weighted by molar-refractivity contribution is 7.93. The van der Waals surface area contributed by atoms with Crippen molar-refractivity contribution in [3.8, 4) is 0 Å². The van der Waals surface area contributed by atoms with E-state index in [1.165, 1.54) is 46.9 Å². The Hall–Kier alpha value is -3.67. The van der Waals surface area contributed by atoms with E-state index in [9.17, 15) is 21.6 Å². The molecule has 0 fully saturated rings. The Morgan fingerprint density at radius 1 is 0.842 bits per heavy atom. The summed E-state index contributed by atoms with van der Waals surface area (Å²) >= 11 is 5.92. The van der Waals surface area contributed by atoms with E-state index in [2.05, 4.69) is 4.98 Å². The summed E-state index contributed by atoms with van der Waals surface area (Å²) < 4.78 is 61.2. The van der Waals surface area contributed by atoms with E-state index in [0.29, 0.717) is 15.8 Å². The molecule has 0 saturated heterocycles. The first kappa shape index (κ1) is 27.4. The second-order valence-corrected chi connectivity index (χ2v) is 12.4. The summed E-state index contributed by atoms with van der Waals surface area (Å²) in [6, 6.07) is 18.7. The number of aromatic nitrogens is 1. The van der Waals surface area contributed by atoms with Gasteiger partial charge in [-0.15, -0.1) is 0 Å². The highest BCUT2D eigenvalue weighted by Crippen LogP contribution is 2.36. The summed E-state index contributed by atoms with van der Waals surface area (Å²) in [5.41, 5.74) is 1.19. The third-order valence-corrected chi connectivity index (χ3v) is 9.70. The van der Waals surface area contributed by atoms with Crippen LogP contribution in [0, 0.1) is 6.92 Å². The number of fused-ring (bicyclic) bond motifs is 1. The van der Waals surface area contributed by atoms with Gasteiger partial charge < -0.3 is 4.74 Å². The number of carbonyl (C=O) groups is 1. The molecule has 198 valence electrons. The van der Waals surface area contributed by atoms with Crippen molar-refractivity contribution in [2.24, 2.45) is 0 Å². The molecule has 0 aliphatic carbocycles. The number of anilines is 2. The standard InChI is InChI=1S/C26H24ClN3O6S2/c1-3-29(37(32,33)21-12-8-19(2)9-13-21)25-16-28-26(24-7-5-4-6-23(24)25)30(17-36-18-31)38(34,35)22-14-10-20(27)11-15-22/h4-16,18H,3,17H2,1-2H3. The van der Waals surface area contributed by atoms with Crippen LogP contribution in [0.2, 0.25) is 5.02 Å². The smallest absolute Gasteiger partial charge is 0.294 e. The fraction of sp³-hybridized carbons (Fsp3) is 0.154. The predicted molar refractivity (Wildman–Crippen MR) is 146 cm³/mol. The Labute approximate surface area is 226 Å². The van der Waals surface area contributed by atoms with Gasteiger partial charge in [-0.2, -0.15) is 0 Å². The van der Waals surface area contributed by atoms with Crippen LogP contribution < -0.4 is 8.61 Å². The van der Waals surface area contributed by atoms with E-state index >= 15 is 0 Å². The number of hydrogen-bond donors (Lipinski definition) is 0. The van der Waals surface area contributed by atoms with Gasteiger partial charge in [-0.1, -0.05) is 53.6 Å². The number of ether oxygens (including phenoxy) is 1. The van der Waals surface area contributed by atoms with Crippen molar-refractivity contribution in [3.63, 3.8) is 0 Å². The average molecular weight is 574 g/mol. The van der Waals surface area contributed by atoms with Crippen LogP contribution >= 0.6 is 11.6 Å². The molecule has 0 unspecified atom stereocenters. The first-order valence-corrected chi connectivity index (χ1v) is 14.7. The van der Waals surface area contributed by atoms with Crippen molar-refractivity contribution >= 4 is 60.4 Å². The quantitative estimate of drug-likeness (QED) is 0.199. The molecule has 0 aliphatic rings. The number of nitrogens with zero attached hydrogens (tertiary/aromatic N) is 3. The lowest BCUT2D eigenvalue weighted by Gasteiger charge is -2.27. The molecular formula is C26H24ClN3O6S2. The minimum absolute atomic E-state index is 0.0371. The molecule has 38 heavy (non-hydrogen) atoms. The molecule has 0 spiro atoms. The van der Waals surface area contributed by atoms with Crippen LogP contribution in [0.4, 0.5) is 11.5 Å². The zero-order valence-electron chi connectivity index (χ0n) is 20.5. The summed E-state index contributed by atoms with van der Waals surface area (Å²) in [7, 11) is -8.21. The van der Waals surface area contributed by atoms with Gasteiger partial charge in [0, 0.05) is 22.3 Å². The second-order valence-electron chi connectivity index (χ2n) is 8.19. The number of sulfonamides is 2. The highest BCUT2D eigenvalue weighted by atomic mass is 35.5. The van der Waals surface area contributed by atoms with Crippen molar-refractivity contribution in [1.82, 2.24) is 4.98 Å². The van der Waals surface area contributed by atoms with Crippen LogP contribution in [0.5, 0.6) is 0 Å². The lowest BCUT2D eigenvalue weighted by Crippen LogP contribution is -2.35. The SMILES string of the molecule is CCN(c1cnc(N(COC=O)S(=O)(=O)c2ccc(Cl)cc2)c2ccccc12)S(=O)(=O)c1ccc(C)cc1. The molecule has 0 atom stereocenters. The van der Waals surface area contributed by atoms with Gasteiger partial charge in [0.1, 0.15) is 0 Å². The molecule has 0 bridgehead atoms. The van der Waals surface area contributed by atoms with Crippen LogP contribution in [-0.4, -0.2) is 41.6 Å². The second kappa shape index (κ2) is 11.0. The number of benzene rings is 3. The minimum Gasteiger partial charge on any atom is -0.445 e. The lowest BCUT2D eigenvalue weighted by molar-refractivity contribution is -0.128. The maximum Gasteiger partial charge on any atom is 0.294 e. The highest BCUT2D eigenvalue weighted by Gasteiger charge is 2.31. The van der Waals surface area contributed by atoms with Crippen molar-refractivity contribution in [2.45, 2.75) is 23.6 Å². The molecule has 0 radical (unpaired) electrons. The Bertz CT molecular complexity index is 1680. The first-order valence-electron chi connectivity index (χ1n) is 11.4. The molecule has 1 heterocycles. The number of halogens is 1. The van der Waals surface area contributed by atoms with Gasteiger partial charge >= 0.3 is 0 Å². The third-order valence-electron chi connectivity index (χ3n) is 5.82. The largest absolute Gasteiger partial charge is 0.445 e. The zero-order chi connectivity index (χ0) is 27.5. The average Bonchev–Trinajstić information content (AvgIpc) is 2.90. The van der Waals surface area contributed by atoms with Crippen molar-refractivity contribution < 1.29 is 26.4 Å². The Morgan fingerprint density at radius 3 is 1.97 bits per heavy atom. The van der Waals surface area contributed by atoms with Gasteiger partial charge in [-0.25, -0.2) is 26.1 Å².